The average molecular weight is 403 g/mol. The summed E-state index contributed by atoms with van der Waals surface area (Å²) in [5, 5.41) is 0.915. The Kier molecular flexibility index (Phi) is 5.58. The van der Waals surface area contributed by atoms with E-state index in [-0.39, 0.29) is 0 Å². The number of rotatable bonds is 2. The Bertz CT molecular complexity index is 451. The maximum Gasteiger partial charge on any atom is 0.0510 e. The molecule has 1 nitrogen and oxygen atoms in total. The molecule has 0 aromatic heterocycles. The molecule has 0 spiro atoms. The second-order valence-corrected chi connectivity index (χ2v) is 8.32. The van der Waals surface area contributed by atoms with Crippen molar-refractivity contribution in [2.75, 3.05) is 18.0 Å². The molecule has 0 aliphatic carbocycles. The monoisotopic (exact) mass is 401 g/mol. The van der Waals surface area contributed by atoms with E-state index in [1.54, 1.807) is 0 Å². The van der Waals surface area contributed by atoms with E-state index in [2.05, 4.69) is 75.7 Å². The Labute approximate surface area is 140 Å². The highest BCUT2D eigenvalue weighted by Gasteiger charge is 2.27. The third-order valence-electron chi connectivity index (χ3n) is 4.46. The maximum atomic E-state index is 3.74. The van der Waals surface area contributed by atoms with Crippen LogP contribution in [-0.2, 0) is 5.33 Å². The molecule has 1 aromatic rings. The summed E-state index contributed by atoms with van der Waals surface area (Å²) in [6.45, 7) is 9.50. The fraction of sp³-hybridized carbons (Fsp3) is 0.647. The normalized spacial score (nSPS) is 20.9. The van der Waals surface area contributed by atoms with Gasteiger partial charge in [0.25, 0.3) is 0 Å². The van der Waals surface area contributed by atoms with Gasteiger partial charge < -0.3 is 4.90 Å². The van der Waals surface area contributed by atoms with Gasteiger partial charge in [0, 0.05) is 22.9 Å². The SMILES string of the molecule is CC(C)(C)C1CCCN(c2ccc(CBr)cc2Br)CC1. The van der Waals surface area contributed by atoms with Crippen molar-refractivity contribution in [2.24, 2.45) is 11.3 Å². The van der Waals surface area contributed by atoms with E-state index in [1.807, 2.05) is 0 Å². The highest BCUT2D eigenvalue weighted by molar-refractivity contribution is 9.10. The van der Waals surface area contributed by atoms with Crippen molar-refractivity contribution in [3.63, 3.8) is 0 Å². The van der Waals surface area contributed by atoms with Gasteiger partial charge in [-0.15, -0.1) is 0 Å². The van der Waals surface area contributed by atoms with Crippen molar-refractivity contribution in [3.8, 4) is 0 Å². The minimum absolute atomic E-state index is 0.438. The van der Waals surface area contributed by atoms with Crippen LogP contribution in [0.3, 0.4) is 0 Å². The first-order valence-corrected chi connectivity index (χ1v) is 9.42. The van der Waals surface area contributed by atoms with Crippen molar-refractivity contribution in [3.05, 3.63) is 28.2 Å². The number of halogens is 2. The molecule has 1 aliphatic heterocycles. The minimum Gasteiger partial charge on any atom is -0.371 e. The topological polar surface area (TPSA) is 3.24 Å². The molecule has 2 rings (SSSR count). The summed E-state index contributed by atoms with van der Waals surface area (Å²) in [5.41, 5.74) is 3.11. The van der Waals surface area contributed by atoms with Crippen molar-refractivity contribution in [1.82, 2.24) is 0 Å². The summed E-state index contributed by atoms with van der Waals surface area (Å²) in [4.78, 5) is 2.55. The molecule has 1 heterocycles. The summed E-state index contributed by atoms with van der Waals surface area (Å²) in [6.07, 6.45) is 3.96. The van der Waals surface area contributed by atoms with Crippen LogP contribution in [0.5, 0.6) is 0 Å². The molecule has 0 bridgehead atoms. The third kappa shape index (κ3) is 4.00. The lowest BCUT2D eigenvalue weighted by molar-refractivity contribution is 0.220. The number of hydrogen-bond donors (Lipinski definition) is 0. The zero-order chi connectivity index (χ0) is 14.8. The molecule has 1 saturated heterocycles. The van der Waals surface area contributed by atoms with Crippen LogP contribution in [0.15, 0.2) is 22.7 Å². The van der Waals surface area contributed by atoms with E-state index in [4.69, 9.17) is 0 Å². The number of anilines is 1. The van der Waals surface area contributed by atoms with Crippen molar-refractivity contribution in [2.45, 2.75) is 45.4 Å². The lowest BCUT2D eigenvalue weighted by Crippen LogP contribution is -2.26. The van der Waals surface area contributed by atoms with Crippen LogP contribution in [0.1, 0.15) is 45.6 Å². The van der Waals surface area contributed by atoms with Crippen molar-refractivity contribution in [1.29, 1.82) is 0 Å². The average Bonchev–Trinajstić information content (AvgIpc) is 2.63. The van der Waals surface area contributed by atoms with Gasteiger partial charge in [0.15, 0.2) is 0 Å². The van der Waals surface area contributed by atoms with Crippen LogP contribution in [0, 0.1) is 11.3 Å². The number of alkyl halides is 1. The summed E-state index contributed by atoms with van der Waals surface area (Å²) >= 11 is 7.26. The first kappa shape index (κ1) is 16.4. The van der Waals surface area contributed by atoms with Gasteiger partial charge in [0.2, 0.25) is 0 Å². The number of benzene rings is 1. The smallest absolute Gasteiger partial charge is 0.0510 e. The Balaban J connectivity index is 2.11. The maximum absolute atomic E-state index is 3.74. The Morgan fingerprint density at radius 1 is 1.20 bits per heavy atom. The molecular formula is C17H25Br2N. The van der Waals surface area contributed by atoms with Crippen molar-refractivity contribution >= 4 is 37.5 Å². The summed E-state index contributed by atoms with van der Waals surface area (Å²) < 4.78 is 1.23. The first-order valence-electron chi connectivity index (χ1n) is 7.51. The fourth-order valence-corrected chi connectivity index (χ4v) is 4.12. The predicted octanol–water partition coefficient (Wildman–Crippen LogP) is 6.00. The van der Waals surface area contributed by atoms with Gasteiger partial charge in [-0.1, -0.05) is 42.8 Å². The van der Waals surface area contributed by atoms with Crippen LogP contribution in [0.25, 0.3) is 0 Å². The van der Waals surface area contributed by atoms with Crippen LogP contribution in [-0.4, -0.2) is 13.1 Å². The Morgan fingerprint density at radius 2 is 1.95 bits per heavy atom. The largest absolute Gasteiger partial charge is 0.371 e. The molecular weight excluding hydrogens is 378 g/mol. The van der Waals surface area contributed by atoms with Crippen molar-refractivity contribution < 1.29 is 0 Å². The molecule has 0 N–H and O–H groups in total. The second-order valence-electron chi connectivity index (χ2n) is 6.90. The van der Waals surface area contributed by atoms with Crippen LogP contribution >= 0.6 is 31.9 Å². The molecule has 1 fully saturated rings. The van der Waals surface area contributed by atoms with Gasteiger partial charge in [0.05, 0.1) is 5.69 Å². The Hall–Kier alpha value is -0.0200. The molecule has 3 heteroatoms. The second kappa shape index (κ2) is 6.83. The summed E-state index contributed by atoms with van der Waals surface area (Å²) in [6, 6.07) is 6.72. The predicted molar refractivity (Wildman–Crippen MR) is 95.8 cm³/mol. The standard InChI is InChI=1S/C17H25Br2N/c1-17(2,3)14-5-4-9-20(10-8-14)16-7-6-13(12-18)11-15(16)19/h6-7,11,14H,4-5,8-10,12H2,1-3H3. The fourth-order valence-electron chi connectivity index (χ4n) is 3.09. The van der Waals surface area contributed by atoms with Crippen LogP contribution in [0.2, 0.25) is 0 Å². The van der Waals surface area contributed by atoms with Gasteiger partial charge in [-0.25, -0.2) is 0 Å². The van der Waals surface area contributed by atoms with Gasteiger partial charge in [-0.2, -0.15) is 0 Å². The van der Waals surface area contributed by atoms with Gasteiger partial charge in [0.1, 0.15) is 0 Å². The summed E-state index contributed by atoms with van der Waals surface area (Å²) in [7, 11) is 0. The molecule has 1 aromatic carbocycles. The zero-order valence-electron chi connectivity index (χ0n) is 12.8. The quantitative estimate of drug-likeness (QED) is 0.548. The van der Waals surface area contributed by atoms with E-state index >= 15 is 0 Å². The van der Waals surface area contributed by atoms with E-state index < -0.39 is 0 Å². The van der Waals surface area contributed by atoms with Gasteiger partial charge in [-0.3, -0.25) is 0 Å². The molecule has 1 unspecified atom stereocenters. The summed E-state index contributed by atoms with van der Waals surface area (Å²) in [5.74, 6) is 0.841. The Morgan fingerprint density at radius 3 is 2.55 bits per heavy atom. The molecule has 1 atom stereocenters. The van der Waals surface area contributed by atoms with Gasteiger partial charge in [-0.05, 0) is 64.2 Å². The molecule has 0 amide bonds. The van der Waals surface area contributed by atoms with E-state index in [0.717, 1.165) is 11.2 Å². The van der Waals surface area contributed by atoms with E-state index in [0.29, 0.717) is 5.41 Å². The molecule has 1 aliphatic rings. The molecule has 20 heavy (non-hydrogen) atoms. The number of nitrogens with zero attached hydrogens (tertiary/aromatic N) is 1. The molecule has 0 radical (unpaired) electrons. The lowest BCUT2D eigenvalue weighted by atomic mass is 9.77. The first-order chi connectivity index (χ1) is 9.41. The van der Waals surface area contributed by atoms with Crippen LogP contribution < -0.4 is 4.90 Å². The molecule has 0 saturated carbocycles. The third-order valence-corrected chi connectivity index (χ3v) is 5.74. The highest BCUT2D eigenvalue weighted by atomic mass is 79.9. The lowest BCUT2D eigenvalue weighted by Gasteiger charge is -2.30. The highest BCUT2D eigenvalue weighted by Crippen LogP contribution is 2.36. The minimum atomic E-state index is 0.438. The van der Waals surface area contributed by atoms with Crippen LogP contribution in [0.4, 0.5) is 5.69 Å². The van der Waals surface area contributed by atoms with Gasteiger partial charge >= 0.3 is 0 Å². The molecule has 112 valence electrons. The number of hydrogen-bond acceptors (Lipinski definition) is 1. The van der Waals surface area contributed by atoms with E-state index in [9.17, 15) is 0 Å². The zero-order valence-corrected chi connectivity index (χ0v) is 15.9. The van der Waals surface area contributed by atoms with E-state index in [1.165, 1.54) is 48.1 Å².